The predicted octanol–water partition coefficient (Wildman–Crippen LogP) is 11.2. The molecule has 6 aromatic rings. The van der Waals surface area contributed by atoms with Crippen LogP contribution in [0, 0.1) is 0 Å². The number of hydrogen-bond acceptors (Lipinski definition) is 4. The summed E-state index contributed by atoms with van der Waals surface area (Å²) >= 11 is 0. The first-order valence-electron chi connectivity index (χ1n) is 16.3. The molecule has 0 bridgehead atoms. The molecule has 0 aliphatic heterocycles. The average Bonchev–Trinajstić information content (AvgIpc) is 3.18. The lowest BCUT2D eigenvalue weighted by Crippen LogP contribution is -2.08. The number of hydrazone groups is 1. The summed E-state index contributed by atoms with van der Waals surface area (Å²) in [6.45, 7) is 1.06. The van der Waals surface area contributed by atoms with Gasteiger partial charge in [-0.25, -0.2) is 5.01 Å². The van der Waals surface area contributed by atoms with E-state index in [1.165, 1.54) is 0 Å². The van der Waals surface area contributed by atoms with Gasteiger partial charge >= 0.3 is 0 Å². The molecule has 0 radical (unpaired) electrons. The quantitative estimate of drug-likeness (QED) is 0.0676. The first kappa shape index (κ1) is 32.5. The third-order valence-corrected chi connectivity index (χ3v) is 7.69. The first-order valence-corrected chi connectivity index (χ1v) is 16.3. The molecule has 6 aromatic carbocycles. The van der Waals surface area contributed by atoms with Crippen molar-refractivity contribution in [3.63, 3.8) is 0 Å². The van der Waals surface area contributed by atoms with E-state index in [9.17, 15) is 0 Å². The van der Waals surface area contributed by atoms with Crippen molar-refractivity contribution in [2.75, 3.05) is 5.01 Å². The van der Waals surface area contributed by atoms with Crippen LogP contribution in [0.2, 0.25) is 0 Å². The highest BCUT2D eigenvalue weighted by Crippen LogP contribution is 2.28. The van der Waals surface area contributed by atoms with E-state index in [1.54, 1.807) is 6.21 Å². The second-order valence-corrected chi connectivity index (χ2v) is 11.2. The van der Waals surface area contributed by atoms with Crippen molar-refractivity contribution in [2.24, 2.45) is 5.10 Å². The maximum atomic E-state index is 6.05. The predicted molar refractivity (Wildman–Crippen MR) is 203 cm³/mol. The Kier molecular flexibility index (Phi) is 11.6. The van der Waals surface area contributed by atoms with Gasteiger partial charge in [0.1, 0.15) is 24.7 Å². The van der Waals surface area contributed by atoms with Crippen LogP contribution >= 0.6 is 0 Å². The van der Waals surface area contributed by atoms with Gasteiger partial charge in [-0.15, -0.1) is 0 Å². The monoisotopic (exact) mass is 638 g/mol. The van der Waals surface area contributed by atoms with Crippen LogP contribution in [0.25, 0.3) is 5.57 Å². The highest BCUT2D eigenvalue weighted by atomic mass is 16.5. The second-order valence-electron chi connectivity index (χ2n) is 11.2. The molecule has 4 heteroatoms. The maximum absolute atomic E-state index is 6.05. The topological polar surface area (TPSA) is 34.1 Å². The van der Waals surface area contributed by atoms with Gasteiger partial charge in [0.2, 0.25) is 0 Å². The number of benzene rings is 6. The molecule has 0 saturated heterocycles. The van der Waals surface area contributed by atoms with Crippen molar-refractivity contribution < 1.29 is 9.47 Å². The summed E-state index contributed by atoms with van der Waals surface area (Å²) in [5.74, 6) is 1.66. The molecule has 0 spiro atoms. The SMILES string of the molecule is C(C=CC=C(c1ccc(OCc2ccccc2)cc1)c1ccc(OCc2ccccc2)cc1)=CC=NN(c1ccccc1)c1ccccc1. The molecular formula is C45H38N2O2. The number of allylic oxidation sites excluding steroid dienone is 5. The summed E-state index contributed by atoms with van der Waals surface area (Å²) in [7, 11) is 0. The van der Waals surface area contributed by atoms with Crippen LogP contribution in [-0.2, 0) is 13.2 Å². The zero-order chi connectivity index (χ0) is 33.4. The van der Waals surface area contributed by atoms with Gasteiger partial charge in [0, 0.05) is 6.21 Å². The van der Waals surface area contributed by atoms with Crippen LogP contribution in [0.3, 0.4) is 0 Å². The van der Waals surface area contributed by atoms with Crippen LogP contribution in [-0.4, -0.2) is 6.21 Å². The Hall–Kier alpha value is -6.39. The van der Waals surface area contributed by atoms with Crippen LogP contribution in [0.1, 0.15) is 22.3 Å². The van der Waals surface area contributed by atoms with E-state index in [4.69, 9.17) is 14.6 Å². The fourth-order valence-electron chi connectivity index (χ4n) is 5.16. The molecule has 0 amide bonds. The maximum Gasteiger partial charge on any atom is 0.119 e. The van der Waals surface area contributed by atoms with Gasteiger partial charge in [0.25, 0.3) is 0 Å². The zero-order valence-electron chi connectivity index (χ0n) is 27.3. The molecule has 0 saturated carbocycles. The smallest absolute Gasteiger partial charge is 0.119 e. The molecule has 0 aliphatic carbocycles. The summed E-state index contributed by atoms with van der Waals surface area (Å²) in [6.07, 6.45) is 11.9. The Balaban J connectivity index is 1.17. The molecule has 49 heavy (non-hydrogen) atoms. The Labute approximate surface area is 289 Å². The molecule has 4 nitrogen and oxygen atoms in total. The third-order valence-electron chi connectivity index (χ3n) is 7.69. The minimum atomic E-state index is 0.528. The van der Waals surface area contributed by atoms with Gasteiger partial charge in [-0.2, -0.15) is 5.10 Å². The largest absolute Gasteiger partial charge is 0.489 e. The number of hydrogen-bond donors (Lipinski definition) is 0. The van der Waals surface area contributed by atoms with Gasteiger partial charge in [0.05, 0.1) is 11.4 Å². The van der Waals surface area contributed by atoms with Gasteiger partial charge in [-0.1, -0.05) is 146 Å². The third kappa shape index (κ3) is 9.80. The van der Waals surface area contributed by atoms with E-state index in [0.717, 1.165) is 50.7 Å². The Morgan fingerprint density at radius 1 is 0.449 bits per heavy atom. The molecule has 0 fully saturated rings. The van der Waals surface area contributed by atoms with E-state index in [2.05, 4.69) is 54.6 Å². The van der Waals surface area contributed by atoms with E-state index in [0.29, 0.717) is 13.2 Å². The summed E-state index contributed by atoms with van der Waals surface area (Å²) in [5, 5.41) is 6.65. The summed E-state index contributed by atoms with van der Waals surface area (Å²) in [6, 6.07) is 57.1. The van der Waals surface area contributed by atoms with Crippen LogP contribution in [0.5, 0.6) is 11.5 Å². The minimum Gasteiger partial charge on any atom is -0.489 e. The number of rotatable bonds is 14. The van der Waals surface area contributed by atoms with E-state index < -0.39 is 0 Å². The van der Waals surface area contributed by atoms with Crippen LogP contribution in [0.4, 0.5) is 11.4 Å². The van der Waals surface area contributed by atoms with Crippen LogP contribution < -0.4 is 14.5 Å². The Morgan fingerprint density at radius 3 is 1.31 bits per heavy atom. The lowest BCUT2D eigenvalue weighted by atomic mass is 9.97. The van der Waals surface area contributed by atoms with Crippen molar-refractivity contribution in [2.45, 2.75) is 13.2 Å². The van der Waals surface area contributed by atoms with Crippen molar-refractivity contribution in [3.05, 3.63) is 222 Å². The van der Waals surface area contributed by atoms with Crippen molar-refractivity contribution in [1.82, 2.24) is 0 Å². The molecule has 240 valence electrons. The van der Waals surface area contributed by atoms with Gasteiger partial charge in [-0.05, 0) is 82.4 Å². The highest BCUT2D eigenvalue weighted by Gasteiger charge is 2.08. The van der Waals surface area contributed by atoms with E-state index in [1.807, 2.05) is 151 Å². The molecule has 0 aromatic heterocycles. The highest BCUT2D eigenvalue weighted by molar-refractivity contribution is 5.81. The van der Waals surface area contributed by atoms with Gasteiger partial charge < -0.3 is 9.47 Å². The molecule has 0 aliphatic rings. The fourth-order valence-corrected chi connectivity index (χ4v) is 5.16. The molecule has 0 atom stereocenters. The Bertz CT molecular complexity index is 1840. The molecule has 6 rings (SSSR count). The number of ether oxygens (including phenoxy) is 2. The molecule has 0 unspecified atom stereocenters. The van der Waals surface area contributed by atoms with E-state index >= 15 is 0 Å². The number of para-hydroxylation sites is 2. The normalized spacial score (nSPS) is 11.2. The lowest BCUT2D eigenvalue weighted by Gasteiger charge is -2.18. The second kappa shape index (κ2) is 17.5. The van der Waals surface area contributed by atoms with Crippen molar-refractivity contribution >= 4 is 23.2 Å². The Morgan fingerprint density at radius 2 is 0.857 bits per heavy atom. The molecular weight excluding hydrogens is 601 g/mol. The van der Waals surface area contributed by atoms with Crippen molar-refractivity contribution in [3.8, 4) is 11.5 Å². The molecule has 0 heterocycles. The van der Waals surface area contributed by atoms with Crippen LogP contribution in [0.15, 0.2) is 205 Å². The summed E-state index contributed by atoms with van der Waals surface area (Å²) in [4.78, 5) is 0. The number of nitrogens with zero attached hydrogens (tertiary/aromatic N) is 2. The summed E-state index contributed by atoms with van der Waals surface area (Å²) < 4.78 is 12.1. The zero-order valence-corrected chi connectivity index (χ0v) is 27.3. The average molecular weight is 639 g/mol. The van der Waals surface area contributed by atoms with Gasteiger partial charge in [0.15, 0.2) is 0 Å². The van der Waals surface area contributed by atoms with Gasteiger partial charge in [-0.3, -0.25) is 0 Å². The van der Waals surface area contributed by atoms with Crippen molar-refractivity contribution in [1.29, 1.82) is 0 Å². The number of anilines is 2. The fraction of sp³-hybridized carbons (Fsp3) is 0.0444. The molecule has 0 N–H and O–H groups in total. The minimum absolute atomic E-state index is 0.528. The van der Waals surface area contributed by atoms with E-state index in [-0.39, 0.29) is 0 Å². The summed E-state index contributed by atoms with van der Waals surface area (Å²) in [5.41, 5.74) is 7.52. The standard InChI is InChI=1S/C45H38N2O2/c1(2-16-34-46-47(41-21-11-5-12-22-41)42-23-13-6-14-24-42)15-25-45(39-26-30-43(31-27-39)48-35-37-17-7-3-8-18-37)40-28-32-44(33-29-40)49-36-38-19-9-4-10-20-38/h1-34H,35-36H2. The lowest BCUT2D eigenvalue weighted by molar-refractivity contribution is 0.306. The first-order chi connectivity index (χ1) is 24.3.